The first-order valence-electron chi connectivity index (χ1n) is 6.11. The normalized spacial score (nSPS) is 12.2. The van der Waals surface area contributed by atoms with E-state index >= 15 is 0 Å². The van der Waals surface area contributed by atoms with Crippen molar-refractivity contribution in [2.45, 2.75) is 13.0 Å². The van der Waals surface area contributed by atoms with Gasteiger partial charge in [-0.3, -0.25) is 0 Å². The van der Waals surface area contributed by atoms with Crippen LogP contribution in [0.2, 0.25) is 0 Å². The average Bonchev–Trinajstić information content (AvgIpc) is 2.37. The second-order valence-electron chi connectivity index (χ2n) is 4.37. The number of halogens is 3. The van der Waals surface area contributed by atoms with Gasteiger partial charge in [-0.25, -0.2) is 13.2 Å². The van der Waals surface area contributed by atoms with Crippen molar-refractivity contribution in [3.05, 3.63) is 59.4 Å². The summed E-state index contributed by atoms with van der Waals surface area (Å²) in [5, 5.41) is 2.90. The Balaban J connectivity index is 2.40. The second kappa shape index (κ2) is 5.96. The quantitative estimate of drug-likeness (QED) is 0.908. The summed E-state index contributed by atoms with van der Waals surface area (Å²) in [5.41, 5.74) is 0.305. The number of ether oxygens (including phenoxy) is 1. The first kappa shape index (κ1) is 14.4. The standard InChI is InChI=1S/C15H14F3NO/c1-9(19-2)15-13(18)4-3-5-14(15)20-12-7-10(16)6-11(17)8-12/h3-9,19H,1-2H3. The molecular weight excluding hydrogens is 267 g/mol. The maximum absolute atomic E-state index is 13.9. The molecule has 0 bridgehead atoms. The Morgan fingerprint density at radius 2 is 1.70 bits per heavy atom. The van der Waals surface area contributed by atoms with Crippen molar-refractivity contribution >= 4 is 0 Å². The predicted octanol–water partition coefficient (Wildman–Crippen LogP) is 4.18. The van der Waals surface area contributed by atoms with Gasteiger partial charge in [-0.05, 0) is 26.1 Å². The van der Waals surface area contributed by atoms with Gasteiger partial charge in [0, 0.05) is 29.8 Å². The molecule has 2 aromatic carbocycles. The number of nitrogens with one attached hydrogen (secondary N) is 1. The average molecular weight is 281 g/mol. The molecule has 2 aromatic rings. The van der Waals surface area contributed by atoms with E-state index in [2.05, 4.69) is 5.32 Å². The smallest absolute Gasteiger partial charge is 0.135 e. The van der Waals surface area contributed by atoms with Crippen LogP contribution < -0.4 is 10.1 Å². The lowest BCUT2D eigenvalue weighted by Crippen LogP contribution is -2.15. The third kappa shape index (κ3) is 3.11. The molecule has 20 heavy (non-hydrogen) atoms. The zero-order valence-electron chi connectivity index (χ0n) is 11.1. The lowest BCUT2D eigenvalue weighted by atomic mass is 10.1. The molecule has 5 heteroatoms. The Bertz CT molecular complexity index is 596. The summed E-state index contributed by atoms with van der Waals surface area (Å²) >= 11 is 0. The first-order valence-corrected chi connectivity index (χ1v) is 6.11. The second-order valence-corrected chi connectivity index (χ2v) is 4.37. The fourth-order valence-corrected chi connectivity index (χ4v) is 1.89. The molecule has 0 amide bonds. The van der Waals surface area contributed by atoms with Crippen molar-refractivity contribution < 1.29 is 17.9 Å². The molecule has 0 saturated carbocycles. The molecule has 0 heterocycles. The Labute approximate surface area is 115 Å². The molecule has 0 radical (unpaired) electrons. The molecule has 0 aromatic heterocycles. The van der Waals surface area contributed by atoms with Crippen LogP contribution in [-0.2, 0) is 0 Å². The molecule has 1 atom stereocenters. The third-order valence-corrected chi connectivity index (χ3v) is 2.94. The molecule has 1 unspecified atom stereocenters. The molecule has 2 nitrogen and oxygen atoms in total. The fraction of sp³-hybridized carbons (Fsp3) is 0.200. The van der Waals surface area contributed by atoms with E-state index < -0.39 is 17.5 Å². The minimum absolute atomic E-state index is 0.0161. The molecule has 0 fully saturated rings. The molecule has 1 N–H and O–H groups in total. The summed E-state index contributed by atoms with van der Waals surface area (Å²) in [7, 11) is 1.68. The molecule has 106 valence electrons. The number of rotatable bonds is 4. The first-order chi connectivity index (χ1) is 9.51. The van der Waals surface area contributed by atoms with Crippen molar-refractivity contribution in [3.63, 3.8) is 0 Å². The topological polar surface area (TPSA) is 21.3 Å². The highest BCUT2D eigenvalue weighted by Crippen LogP contribution is 2.32. The molecule has 0 spiro atoms. The van der Waals surface area contributed by atoms with E-state index in [-0.39, 0.29) is 17.5 Å². The molecule has 0 aliphatic rings. The monoisotopic (exact) mass is 281 g/mol. The van der Waals surface area contributed by atoms with E-state index in [0.29, 0.717) is 5.56 Å². The van der Waals surface area contributed by atoms with Crippen LogP contribution in [0, 0.1) is 17.5 Å². The lowest BCUT2D eigenvalue weighted by Gasteiger charge is -2.17. The van der Waals surface area contributed by atoms with Crippen molar-refractivity contribution in [2.24, 2.45) is 0 Å². The zero-order chi connectivity index (χ0) is 14.7. The SMILES string of the molecule is CNC(C)c1c(F)cccc1Oc1cc(F)cc(F)c1. The highest BCUT2D eigenvalue weighted by molar-refractivity contribution is 5.40. The number of hydrogen-bond donors (Lipinski definition) is 1. The maximum atomic E-state index is 13.9. The largest absolute Gasteiger partial charge is 0.457 e. The number of benzene rings is 2. The Morgan fingerprint density at radius 1 is 1.05 bits per heavy atom. The van der Waals surface area contributed by atoms with E-state index in [0.717, 1.165) is 18.2 Å². The Morgan fingerprint density at radius 3 is 2.30 bits per heavy atom. The van der Waals surface area contributed by atoms with Crippen LogP contribution in [0.15, 0.2) is 36.4 Å². The van der Waals surface area contributed by atoms with E-state index in [4.69, 9.17) is 4.74 Å². The Hall–Kier alpha value is -2.01. The van der Waals surface area contributed by atoms with Gasteiger partial charge >= 0.3 is 0 Å². The highest BCUT2D eigenvalue weighted by Gasteiger charge is 2.16. The van der Waals surface area contributed by atoms with E-state index in [9.17, 15) is 13.2 Å². The zero-order valence-corrected chi connectivity index (χ0v) is 11.1. The van der Waals surface area contributed by atoms with Gasteiger partial charge in [-0.2, -0.15) is 0 Å². The van der Waals surface area contributed by atoms with Gasteiger partial charge in [-0.1, -0.05) is 6.07 Å². The highest BCUT2D eigenvalue weighted by atomic mass is 19.1. The van der Waals surface area contributed by atoms with E-state index in [1.54, 1.807) is 20.0 Å². The summed E-state index contributed by atoms with van der Waals surface area (Å²) in [6.07, 6.45) is 0. The summed E-state index contributed by atoms with van der Waals surface area (Å²) < 4.78 is 45.6. The summed E-state index contributed by atoms with van der Waals surface area (Å²) in [4.78, 5) is 0. The summed E-state index contributed by atoms with van der Waals surface area (Å²) in [5.74, 6) is -1.74. The van der Waals surface area contributed by atoms with Crippen molar-refractivity contribution in [2.75, 3.05) is 7.05 Å². The Kier molecular flexibility index (Phi) is 4.29. The summed E-state index contributed by atoms with van der Waals surface area (Å²) in [6.45, 7) is 1.76. The molecule has 0 saturated heterocycles. The predicted molar refractivity (Wildman–Crippen MR) is 70.3 cm³/mol. The van der Waals surface area contributed by atoms with E-state index in [1.807, 2.05) is 0 Å². The van der Waals surface area contributed by atoms with Crippen LogP contribution in [-0.4, -0.2) is 7.05 Å². The minimum Gasteiger partial charge on any atom is -0.457 e. The van der Waals surface area contributed by atoms with Crippen LogP contribution in [0.1, 0.15) is 18.5 Å². The molecule has 0 aliphatic carbocycles. The van der Waals surface area contributed by atoms with Crippen LogP contribution in [0.25, 0.3) is 0 Å². The van der Waals surface area contributed by atoms with Gasteiger partial charge in [0.2, 0.25) is 0 Å². The van der Waals surface area contributed by atoms with Gasteiger partial charge in [0.15, 0.2) is 0 Å². The van der Waals surface area contributed by atoms with Crippen LogP contribution in [0.3, 0.4) is 0 Å². The van der Waals surface area contributed by atoms with Gasteiger partial charge in [0.1, 0.15) is 29.0 Å². The van der Waals surface area contributed by atoms with Crippen molar-refractivity contribution in [1.29, 1.82) is 0 Å². The maximum Gasteiger partial charge on any atom is 0.135 e. The van der Waals surface area contributed by atoms with Crippen LogP contribution in [0.5, 0.6) is 11.5 Å². The van der Waals surface area contributed by atoms with Crippen molar-refractivity contribution in [1.82, 2.24) is 5.32 Å². The van der Waals surface area contributed by atoms with Gasteiger partial charge < -0.3 is 10.1 Å². The van der Waals surface area contributed by atoms with Crippen LogP contribution >= 0.6 is 0 Å². The van der Waals surface area contributed by atoms with Gasteiger partial charge in [0.05, 0.1) is 0 Å². The van der Waals surface area contributed by atoms with Crippen LogP contribution in [0.4, 0.5) is 13.2 Å². The fourth-order valence-electron chi connectivity index (χ4n) is 1.89. The van der Waals surface area contributed by atoms with Gasteiger partial charge in [0.25, 0.3) is 0 Å². The van der Waals surface area contributed by atoms with Gasteiger partial charge in [-0.15, -0.1) is 0 Å². The summed E-state index contributed by atoms with van der Waals surface area (Å²) in [6, 6.07) is 6.87. The lowest BCUT2D eigenvalue weighted by molar-refractivity contribution is 0.444. The minimum atomic E-state index is -0.750. The third-order valence-electron chi connectivity index (χ3n) is 2.94. The number of hydrogen-bond acceptors (Lipinski definition) is 2. The molecular formula is C15H14F3NO. The molecule has 0 aliphatic heterocycles. The molecule has 2 rings (SSSR count). The van der Waals surface area contributed by atoms with E-state index in [1.165, 1.54) is 12.1 Å². The van der Waals surface area contributed by atoms with Crippen molar-refractivity contribution in [3.8, 4) is 11.5 Å².